The molecule has 1 spiro atoms. The average molecular weight is 737 g/mol. The van der Waals surface area contributed by atoms with Gasteiger partial charge in [0.05, 0.1) is 31.5 Å². The van der Waals surface area contributed by atoms with Crippen molar-refractivity contribution in [1.82, 2.24) is 0 Å². The maximum Gasteiger partial charge on any atom is 0.187 e. The summed E-state index contributed by atoms with van der Waals surface area (Å²) in [5.41, 5.74) is 0.866. The van der Waals surface area contributed by atoms with Gasteiger partial charge in [-0.1, -0.05) is 33.3 Å². The molecule has 21 atom stereocenters. The number of rotatable bonds is 5. The first-order valence-electron chi connectivity index (χ1n) is 19.8. The van der Waals surface area contributed by atoms with Crippen molar-refractivity contribution in [2.24, 2.45) is 46.3 Å². The number of carbonyl (C=O) groups is 1. The standard InChI is InChI=1S/C39H60O13/c1-17-6-11-39(47-16-17)18(2)28-25(52-39)14-23-27-22(8-10-38(23,28)5)37(4)9-7-21(12-20(37)13-24(27)41)49-36-34(32(45)30(43)26(15-40)50-36)51-35-33(46)31(44)29(42)19(3)48-35/h13,17-19,21-23,25-36,40,42-46H,6-12,14-16H2,1-5H3/t17-,18+,19+,21+,22+,23+,25+,26-,27-,28+,29+,30-,31-,32+,33-,34-,35+,36-,37+,38+,39-/m1/s1. The smallest absolute Gasteiger partial charge is 0.187 e. The van der Waals surface area contributed by atoms with Crippen molar-refractivity contribution in [3.05, 3.63) is 11.6 Å². The lowest BCUT2D eigenvalue weighted by Crippen LogP contribution is -2.64. The summed E-state index contributed by atoms with van der Waals surface area (Å²) in [6.07, 6.45) is -5.42. The van der Waals surface area contributed by atoms with Crippen molar-refractivity contribution >= 4 is 5.78 Å². The van der Waals surface area contributed by atoms with E-state index in [2.05, 4.69) is 27.7 Å². The molecule has 4 saturated heterocycles. The Bertz CT molecular complexity index is 1380. The summed E-state index contributed by atoms with van der Waals surface area (Å²) >= 11 is 0. The predicted octanol–water partition coefficient (Wildman–Crippen LogP) is 1.57. The van der Waals surface area contributed by atoms with Crippen molar-refractivity contribution in [2.75, 3.05) is 13.2 Å². The van der Waals surface area contributed by atoms with E-state index in [0.717, 1.165) is 50.7 Å². The molecular weight excluding hydrogens is 676 g/mol. The first-order chi connectivity index (χ1) is 24.6. The minimum absolute atomic E-state index is 0.00236. The quantitative estimate of drug-likeness (QED) is 0.239. The van der Waals surface area contributed by atoms with E-state index in [1.807, 2.05) is 6.08 Å². The highest BCUT2D eigenvalue weighted by Gasteiger charge is 2.70. The van der Waals surface area contributed by atoms with Gasteiger partial charge in [0.1, 0.15) is 42.7 Å². The minimum Gasteiger partial charge on any atom is -0.394 e. The van der Waals surface area contributed by atoms with Crippen LogP contribution in [0.2, 0.25) is 0 Å². The number of allylic oxidation sites excluding steroid dienone is 1. The van der Waals surface area contributed by atoms with Crippen LogP contribution in [0.5, 0.6) is 0 Å². The zero-order valence-electron chi connectivity index (χ0n) is 31.1. The van der Waals surface area contributed by atoms with E-state index in [-0.39, 0.29) is 46.4 Å². The largest absolute Gasteiger partial charge is 0.394 e. The molecule has 6 N–H and O–H groups in total. The number of ether oxygens (including phenoxy) is 6. The zero-order valence-corrected chi connectivity index (χ0v) is 31.1. The molecule has 3 saturated carbocycles. The van der Waals surface area contributed by atoms with Gasteiger partial charge in [0, 0.05) is 18.3 Å². The molecule has 8 rings (SSSR count). The number of aliphatic hydroxyl groups excluding tert-OH is 6. The van der Waals surface area contributed by atoms with E-state index in [9.17, 15) is 35.4 Å². The van der Waals surface area contributed by atoms with Crippen LogP contribution in [-0.4, -0.2) is 129 Å². The highest BCUT2D eigenvalue weighted by molar-refractivity contribution is 5.94. The Kier molecular flexibility index (Phi) is 9.86. The first-order valence-corrected chi connectivity index (χ1v) is 19.8. The van der Waals surface area contributed by atoms with E-state index in [4.69, 9.17) is 28.4 Å². The van der Waals surface area contributed by atoms with Gasteiger partial charge in [-0.25, -0.2) is 0 Å². The molecule has 0 unspecified atom stereocenters. The van der Waals surface area contributed by atoms with E-state index in [1.165, 1.54) is 6.92 Å². The molecule has 4 aliphatic carbocycles. The van der Waals surface area contributed by atoms with Crippen molar-refractivity contribution in [3.8, 4) is 0 Å². The Morgan fingerprint density at radius 3 is 2.33 bits per heavy atom. The molecule has 0 amide bonds. The van der Waals surface area contributed by atoms with E-state index < -0.39 is 79.9 Å². The van der Waals surface area contributed by atoms with E-state index in [0.29, 0.717) is 24.7 Å². The normalized spacial score (nSPS) is 57.5. The fourth-order valence-corrected chi connectivity index (χ4v) is 12.3. The fourth-order valence-electron chi connectivity index (χ4n) is 12.3. The lowest BCUT2D eigenvalue weighted by molar-refractivity contribution is -0.369. The molecule has 0 aromatic rings. The third-order valence-corrected chi connectivity index (χ3v) is 15.4. The molecule has 4 heterocycles. The van der Waals surface area contributed by atoms with Crippen molar-refractivity contribution < 1.29 is 63.9 Å². The predicted molar refractivity (Wildman–Crippen MR) is 182 cm³/mol. The maximum atomic E-state index is 14.3. The molecule has 294 valence electrons. The first kappa shape index (κ1) is 37.8. The molecule has 0 aromatic heterocycles. The molecule has 0 bridgehead atoms. The molecule has 4 aliphatic heterocycles. The Morgan fingerprint density at radius 1 is 0.846 bits per heavy atom. The summed E-state index contributed by atoms with van der Waals surface area (Å²) < 4.78 is 37.3. The molecule has 7 fully saturated rings. The van der Waals surface area contributed by atoms with Gasteiger partial charge in [0.15, 0.2) is 24.2 Å². The van der Waals surface area contributed by atoms with E-state index in [1.54, 1.807) is 0 Å². The molecule has 0 aromatic carbocycles. The zero-order chi connectivity index (χ0) is 37.1. The monoisotopic (exact) mass is 736 g/mol. The molecule has 13 heteroatoms. The third kappa shape index (κ3) is 5.74. The maximum absolute atomic E-state index is 14.3. The second-order valence-corrected chi connectivity index (χ2v) is 18.2. The van der Waals surface area contributed by atoms with Gasteiger partial charge in [-0.2, -0.15) is 0 Å². The summed E-state index contributed by atoms with van der Waals surface area (Å²) in [7, 11) is 0. The van der Waals surface area contributed by atoms with Crippen LogP contribution in [0.15, 0.2) is 11.6 Å². The van der Waals surface area contributed by atoms with Gasteiger partial charge >= 0.3 is 0 Å². The fraction of sp³-hybridized carbons (Fsp3) is 0.923. The van der Waals surface area contributed by atoms with Crippen LogP contribution in [0, 0.1) is 46.3 Å². The lowest BCUT2D eigenvalue weighted by atomic mass is 9.46. The van der Waals surface area contributed by atoms with Crippen LogP contribution < -0.4 is 0 Å². The number of ketones is 1. The Balaban J connectivity index is 0.986. The minimum atomic E-state index is -1.65. The second-order valence-electron chi connectivity index (χ2n) is 18.2. The summed E-state index contributed by atoms with van der Waals surface area (Å²) in [6, 6.07) is 0. The highest BCUT2D eigenvalue weighted by Crippen LogP contribution is 2.70. The summed E-state index contributed by atoms with van der Waals surface area (Å²) in [6.45, 7) is 10.9. The lowest BCUT2D eigenvalue weighted by Gasteiger charge is -2.58. The van der Waals surface area contributed by atoms with Gasteiger partial charge in [-0.05, 0) is 92.4 Å². The number of carbonyl (C=O) groups excluding carboxylic acids is 1. The summed E-state index contributed by atoms with van der Waals surface area (Å²) in [5.74, 6) is 1.27. The Morgan fingerprint density at radius 2 is 1.62 bits per heavy atom. The number of hydrogen-bond acceptors (Lipinski definition) is 13. The Hall–Kier alpha value is -1.07. The number of hydrogen-bond donors (Lipinski definition) is 6. The Labute approximate surface area is 305 Å². The van der Waals surface area contributed by atoms with Crippen LogP contribution in [-0.2, 0) is 33.2 Å². The van der Waals surface area contributed by atoms with Crippen LogP contribution >= 0.6 is 0 Å². The summed E-state index contributed by atoms with van der Waals surface area (Å²) in [5, 5.41) is 62.8. The second kappa shape index (κ2) is 13.5. The van der Waals surface area contributed by atoms with Crippen molar-refractivity contribution in [1.29, 1.82) is 0 Å². The highest BCUT2D eigenvalue weighted by atomic mass is 16.8. The molecule has 0 radical (unpaired) electrons. The summed E-state index contributed by atoms with van der Waals surface area (Å²) in [4.78, 5) is 14.3. The van der Waals surface area contributed by atoms with Crippen molar-refractivity contribution in [2.45, 2.75) is 165 Å². The van der Waals surface area contributed by atoms with Crippen LogP contribution in [0.4, 0.5) is 0 Å². The molecule has 52 heavy (non-hydrogen) atoms. The average Bonchev–Trinajstić information content (AvgIpc) is 3.56. The van der Waals surface area contributed by atoms with Gasteiger partial charge in [-0.3, -0.25) is 4.79 Å². The number of aliphatic hydroxyl groups is 6. The van der Waals surface area contributed by atoms with Crippen LogP contribution in [0.25, 0.3) is 0 Å². The third-order valence-electron chi connectivity index (χ3n) is 15.4. The van der Waals surface area contributed by atoms with Gasteiger partial charge in [0.2, 0.25) is 0 Å². The topological polar surface area (TPSA) is 194 Å². The van der Waals surface area contributed by atoms with Gasteiger partial charge in [-0.15, -0.1) is 0 Å². The van der Waals surface area contributed by atoms with Gasteiger partial charge in [0.25, 0.3) is 0 Å². The van der Waals surface area contributed by atoms with Crippen LogP contribution in [0.1, 0.15) is 86.0 Å². The van der Waals surface area contributed by atoms with Gasteiger partial charge < -0.3 is 59.1 Å². The van der Waals surface area contributed by atoms with E-state index >= 15 is 0 Å². The number of fused-ring (bicyclic) bond motifs is 7. The molecular formula is C39H60O13. The van der Waals surface area contributed by atoms with Crippen LogP contribution in [0.3, 0.4) is 0 Å². The molecule has 13 nitrogen and oxygen atoms in total. The van der Waals surface area contributed by atoms with Crippen molar-refractivity contribution in [3.63, 3.8) is 0 Å². The molecule has 8 aliphatic rings. The SMILES string of the molecule is C[C@@H]1CC[C@@]2(OC1)O[C@H]1C[C@H]3[C@@H]4C(=O)C=C5C[C@@H](O[C@@H]6O[C@H](CO)[C@@H](O)[C@H](O)[C@H]6O[C@@H]6O[C@@H](C)[C@H](O)[C@@H](O)[C@H]6O)CC[C@]5(C)[C@H]4CC[C@]3(C)[C@H]1[C@@H]2C.